The molecule has 6 nitrogen and oxygen atoms in total. The number of nitrogens with zero attached hydrogens (tertiary/aromatic N) is 3. The van der Waals surface area contributed by atoms with Crippen LogP contribution < -0.4 is 10.1 Å². The zero-order valence-corrected chi connectivity index (χ0v) is 20.6. The van der Waals surface area contributed by atoms with Crippen molar-refractivity contribution >= 4 is 17.7 Å². The highest BCUT2D eigenvalue weighted by atomic mass is 32.2. The van der Waals surface area contributed by atoms with Gasteiger partial charge in [-0.3, -0.25) is 9.36 Å². The maximum Gasteiger partial charge on any atom is 0.230 e. The molecule has 0 saturated carbocycles. The second kappa shape index (κ2) is 11.2. The van der Waals surface area contributed by atoms with Gasteiger partial charge < -0.3 is 10.1 Å². The molecule has 174 valence electrons. The molecule has 0 fully saturated rings. The Labute approximate surface area is 200 Å². The molecule has 0 aliphatic heterocycles. The molecule has 2 aromatic carbocycles. The van der Waals surface area contributed by atoms with Crippen molar-refractivity contribution in [2.75, 3.05) is 5.75 Å². The minimum atomic E-state index is -0.306. The summed E-state index contributed by atoms with van der Waals surface area (Å²) in [5.74, 6) is 1.67. The first kappa shape index (κ1) is 24.6. The van der Waals surface area contributed by atoms with Crippen molar-refractivity contribution in [2.24, 2.45) is 0 Å². The van der Waals surface area contributed by atoms with Crippen molar-refractivity contribution in [3.05, 3.63) is 84.2 Å². The zero-order chi connectivity index (χ0) is 23.8. The first-order valence-electron chi connectivity index (χ1n) is 11.0. The Kier molecular flexibility index (Phi) is 8.33. The van der Waals surface area contributed by atoms with Crippen LogP contribution in [-0.2, 0) is 23.3 Å². The number of hydrogen-bond acceptors (Lipinski definition) is 5. The number of nitrogens with one attached hydrogen (secondary N) is 1. The normalized spacial score (nSPS) is 12.2. The van der Waals surface area contributed by atoms with E-state index in [2.05, 4.69) is 55.0 Å². The fourth-order valence-corrected chi connectivity index (χ4v) is 4.06. The van der Waals surface area contributed by atoms with Crippen LogP contribution in [0.15, 0.2) is 72.4 Å². The van der Waals surface area contributed by atoms with Gasteiger partial charge in [0.05, 0.1) is 5.75 Å². The molecule has 0 saturated heterocycles. The van der Waals surface area contributed by atoms with Crippen molar-refractivity contribution in [2.45, 2.75) is 57.5 Å². The number of ether oxygens (including phenoxy) is 1. The number of rotatable bonds is 10. The van der Waals surface area contributed by atoms with E-state index in [-0.39, 0.29) is 23.2 Å². The van der Waals surface area contributed by atoms with Gasteiger partial charge in [0, 0.05) is 13.1 Å². The number of thioether (sulfide) groups is 1. The molecule has 7 heteroatoms. The predicted molar refractivity (Wildman–Crippen MR) is 133 cm³/mol. The van der Waals surface area contributed by atoms with E-state index < -0.39 is 0 Å². The number of aromatic nitrogens is 3. The van der Waals surface area contributed by atoms with Gasteiger partial charge in [-0.05, 0) is 35.6 Å². The molecule has 1 aromatic heterocycles. The van der Waals surface area contributed by atoms with Crippen molar-refractivity contribution < 1.29 is 9.53 Å². The third-order valence-corrected chi connectivity index (χ3v) is 6.09. The first-order chi connectivity index (χ1) is 15.8. The maximum atomic E-state index is 12.3. The molecule has 0 spiro atoms. The highest BCUT2D eigenvalue weighted by Gasteiger charge is 2.20. The average molecular weight is 465 g/mol. The Balaban J connectivity index is 1.62. The quantitative estimate of drug-likeness (QED) is 0.325. The minimum Gasteiger partial charge on any atom is -0.483 e. The molecular formula is C26H32N4O2S. The van der Waals surface area contributed by atoms with Crippen LogP contribution in [0, 0.1) is 0 Å². The molecule has 3 rings (SSSR count). The van der Waals surface area contributed by atoms with E-state index in [1.807, 2.05) is 54.0 Å². The highest BCUT2D eigenvalue weighted by Crippen LogP contribution is 2.28. The number of amides is 1. The van der Waals surface area contributed by atoms with Gasteiger partial charge in [0.1, 0.15) is 5.75 Å². The van der Waals surface area contributed by atoms with Crippen molar-refractivity contribution in [3.63, 3.8) is 0 Å². The fourth-order valence-electron chi connectivity index (χ4n) is 3.28. The topological polar surface area (TPSA) is 69.0 Å². The van der Waals surface area contributed by atoms with E-state index in [9.17, 15) is 4.79 Å². The van der Waals surface area contributed by atoms with Gasteiger partial charge in [0.2, 0.25) is 5.91 Å². The zero-order valence-electron chi connectivity index (χ0n) is 19.7. The van der Waals surface area contributed by atoms with Gasteiger partial charge in [-0.2, -0.15) is 0 Å². The summed E-state index contributed by atoms with van der Waals surface area (Å²) in [4.78, 5) is 12.3. The predicted octanol–water partition coefficient (Wildman–Crippen LogP) is 5.31. The summed E-state index contributed by atoms with van der Waals surface area (Å²) in [6, 6.07) is 18.0. The Morgan fingerprint density at radius 2 is 1.85 bits per heavy atom. The Morgan fingerprint density at radius 3 is 2.48 bits per heavy atom. The van der Waals surface area contributed by atoms with Crippen LogP contribution in [0.25, 0.3) is 0 Å². The molecule has 1 amide bonds. The van der Waals surface area contributed by atoms with E-state index in [0.29, 0.717) is 24.1 Å². The molecule has 1 unspecified atom stereocenters. The third kappa shape index (κ3) is 6.96. The van der Waals surface area contributed by atoms with E-state index in [4.69, 9.17) is 4.74 Å². The van der Waals surface area contributed by atoms with Gasteiger partial charge >= 0.3 is 0 Å². The van der Waals surface area contributed by atoms with Crippen molar-refractivity contribution in [3.8, 4) is 5.75 Å². The molecule has 0 radical (unpaired) electrons. The maximum absolute atomic E-state index is 12.3. The van der Waals surface area contributed by atoms with Gasteiger partial charge in [-0.15, -0.1) is 16.8 Å². The van der Waals surface area contributed by atoms with E-state index >= 15 is 0 Å². The molecular weight excluding hydrogens is 432 g/mol. The van der Waals surface area contributed by atoms with Crippen LogP contribution in [0.4, 0.5) is 0 Å². The molecule has 1 N–H and O–H groups in total. The molecule has 3 aromatic rings. The Morgan fingerprint density at radius 1 is 1.15 bits per heavy atom. The summed E-state index contributed by atoms with van der Waals surface area (Å²) >= 11 is 1.35. The van der Waals surface area contributed by atoms with Crippen LogP contribution in [0.3, 0.4) is 0 Å². The number of allylic oxidation sites excluding steroid dienone is 1. The van der Waals surface area contributed by atoms with E-state index in [1.165, 1.54) is 17.3 Å². The van der Waals surface area contributed by atoms with E-state index in [0.717, 1.165) is 11.3 Å². The van der Waals surface area contributed by atoms with Gasteiger partial charge in [0.25, 0.3) is 0 Å². The summed E-state index contributed by atoms with van der Waals surface area (Å²) in [5.41, 5.74) is 2.41. The Hall–Kier alpha value is -3.06. The fraction of sp³-hybridized carbons (Fsp3) is 0.346. The molecule has 0 bridgehead atoms. The van der Waals surface area contributed by atoms with E-state index in [1.54, 1.807) is 6.08 Å². The molecule has 33 heavy (non-hydrogen) atoms. The van der Waals surface area contributed by atoms with Gasteiger partial charge in [0.15, 0.2) is 17.1 Å². The lowest BCUT2D eigenvalue weighted by atomic mass is 9.87. The van der Waals surface area contributed by atoms with Gasteiger partial charge in [-0.1, -0.05) is 81.1 Å². The van der Waals surface area contributed by atoms with Crippen LogP contribution in [0.1, 0.15) is 50.8 Å². The van der Waals surface area contributed by atoms with Crippen LogP contribution in [0.2, 0.25) is 0 Å². The lowest BCUT2D eigenvalue weighted by molar-refractivity contribution is -0.118. The summed E-state index contributed by atoms with van der Waals surface area (Å²) in [5, 5.41) is 12.3. The lowest BCUT2D eigenvalue weighted by Gasteiger charge is -2.20. The van der Waals surface area contributed by atoms with Crippen LogP contribution in [-0.4, -0.2) is 26.4 Å². The smallest absolute Gasteiger partial charge is 0.230 e. The van der Waals surface area contributed by atoms with Crippen LogP contribution >= 0.6 is 11.8 Å². The summed E-state index contributed by atoms with van der Waals surface area (Å²) in [7, 11) is 0. The van der Waals surface area contributed by atoms with Gasteiger partial charge in [-0.25, -0.2) is 0 Å². The lowest BCUT2D eigenvalue weighted by Crippen LogP contribution is -2.24. The Bertz CT molecular complexity index is 1060. The number of carbonyl (C=O) groups excluding carboxylic acids is 1. The number of benzene rings is 2. The second-order valence-electron chi connectivity index (χ2n) is 8.83. The summed E-state index contributed by atoms with van der Waals surface area (Å²) in [6.45, 7) is 13.4. The van der Waals surface area contributed by atoms with Crippen molar-refractivity contribution in [1.82, 2.24) is 20.1 Å². The molecule has 0 aliphatic rings. The first-order valence-corrected chi connectivity index (χ1v) is 12.0. The second-order valence-corrected chi connectivity index (χ2v) is 9.77. The molecule has 1 atom stereocenters. The third-order valence-electron chi connectivity index (χ3n) is 5.12. The average Bonchev–Trinajstić information content (AvgIpc) is 3.19. The summed E-state index contributed by atoms with van der Waals surface area (Å²) in [6.07, 6.45) is 1.48. The molecule has 0 aliphatic carbocycles. The van der Waals surface area contributed by atoms with Crippen LogP contribution in [0.5, 0.6) is 5.75 Å². The highest BCUT2D eigenvalue weighted by molar-refractivity contribution is 7.99. The minimum absolute atomic E-state index is 0.0539. The van der Waals surface area contributed by atoms with Crippen molar-refractivity contribution in [1.29, 1.82) is 0 Å². The monoisotopic (exact) mass is 464 g/mol. The SMILES string of the molecule is C=CCn1c(SCC(=O)NCc2ccccc2)nnc1C(C)Oc1ccc(C(C)(C)C)cc1. The molecule has 1 heterocycles. The number of carbonyl (C=O) groups is 1. The largest absolute Gasteiger partial charge is 0.483 e. The summed E-state index contributed by atoms with van der Waals surface area (Å²) < 4.78 is 8.08. The number of hydrogen-bond donors (Lipinski definition) is 1. The standard InChI is InChI=1S/C26H32N4O2S/c1-6-16-30-24(19(2)32-22-14-12-21(13-15-22)26(3,4)5)28-29-25(30)33-18-23(31)27-17-20-10-8-7-9-11-20/h6-15,19H,1,16-18H2,2-5H3,(H,27,31).